The van der Waals surface area contributed by atoms with Gasteiger partial charge in [0, 0.05) is 24.7 Å². The molecule has 4 nitrogen and oxygen atoms in total. The molecule has 0 fully saturated rings. The summed E-state index contributed by atoms with van der Waals surface area (Å²) in [6.45, 7) is 5.84. The number of amides is 1. The summed E-state index contributed by atoms with van der Waals surface area (Å²) in [4.78, 5) is 23.1. The number of carbonyl (C=O) groups is 1. The van der Waals surface area contributed by atoms with Gasteiger partial charge in [0.1, 0.15) is 5.01 Å². The predicted octanol–water partition coefficient (Wildman–Crippen LogP) is 3.40. The lowest BCUT2D eigenvalue weighted by molar-refractivity contribution is -0.130. The van der Waals surface area contributed by atoms with E-state index in [4.69, 9.17) is 0 Å². The second-order valence-corrected chi connectivity index (χ2v) is 5.77. The first-order valence-electron chi connectivity index (χ1n) is 7.38. The van der Waals surface area contributed by atoms with E-state index in [1.165, 1.54) is 11.3 Å². The van der Waals surface area contributed by atoms with E-state index in [9.17, 15) is 4.79 Å². The smallest absolute Gasteiger partial charge is 0.228 e. The average molecular weight is 303 g/mol. The molecule has 0 saturated heterocycles. The normalized spacial score (nSPS) is 10.6. The fraction of sp³-hybridized carbons (Fsp3) is 0.438. The summed E-state index contributed by atoms with van der Waals surface area (Å²) in [6.07, 6.45) is 4.11. The molecule has 0 spiro atoms. The molecule has 0 radical (unpaired) electrons. The summed E-state index contributed by atoms with van der Waals surface area (Å²) in [5.41, 5.74) is 1.70. The summed E-state index contributed by atoms with van der Waals surface area (Å²) >= 11 is 1.54. The van der Waals surface area contributed by atoms with E-state index in [1.807, 2.05) is 28.5 Å². The number of hydrogen-bond acceptors (Lipinski definition) is 4. The Hall–Kier alpha value is -1.75. The van der Waals surface area contributed by atoms with Gasteiger partial charge in [-0.15, -0.1) is 11.3 Å². The Morgan fingerprint density at radius 2 is 2.00 bits per heavy atom. The van der Waals surface area contributed by atoms with Crippen molar-refractivity contribution in [3.05, 3.63) is 35.5 Å². The maximum atomic E-state index is 12.3. The number of hydrogen-bond donors (Lipinski definition) is 0. The zero-order chi connectivity index (χ0) is 15.1. The molecule has 0 bridgehead atoms. The van der Waals surface area contributed by atoms with Crippen molar-refractivity contribution < 1.29 is 4.79 Å². The summed E-state index contributed by atoms with van der Waals surface area (Å²) in [5.74, 6) is 0.163. The Bertz CT molecular complexity index is 562. The van der Waals surface area contributed by atoms with Crippen molar-refractivity contribution in [2.45, 2.75) is 33.1 Å². The van der Waals surface area contributed by atoms with Crippen molar-refractivity contribution in [1.29, 1.82) is 0 Å². The van der Waals surface area contributed by atoms with Crippen molar-refractivity contribution in [2.24, 2.45) is 0 Å². The molecular formula is C16H21N3OS. The average Bonchev–Trinajstić information content (AvgIpc) is 2.96. The molecule has 5 heteroatoms. The number of rotatable bonds is 7. The van der Waals surface area contributed by atoms with E-state index < -0.39 is 0 Å². The number of aromatic nitrogens is 2. The van der Waals surface area contributed by atoms with Crippen LogP contribution in [0.2, 0.25) is 0 Å². The fourth-order valence-corrected chi connectivity index (χ4v) is 2.96. The van der Waals surface area contributed by atoms with Crippen LogP contribution < -0.4 is 0 Å². The van der Waals surface area contributed by atoms with Crippen LogP contribution in [-0.4, -0.2) is 33.9 Å². The maximum absolute atomic E-state index is 12.3. The van der Waals surface area contributed by atoms with Gasteiger partial charge in [0.2, 0.25) is 5.91 Å². The van der Waals surface area contributed by atoms with Gasteiger partial charge in [-0.25, -0.2) is 4.98 Å². The molecule has 112 valence electrons. The van der Waals surface area contributed by atoms with Gasteiger partial charge in [0.25, 0.3) is 0 Å². The first kappa shape index (κ1) is 15.6. The Labute approximate surface area is 129 Å². The zero-order valence-electron chi connectivity index (χ0n) is 12.6. The van der Waals surface area contributed by atoms with E-state index in [1.54, 1.807) is 6.20 Å². The minimum atomic E-state index is 0.163. The van der Waals surface area contributed by atoms with Crippen molar-refractivity contribution in [3.63, 3.8) is 0 Å². The molecule has 2 aromatic rings. The van der Waals surface area contributed by atoms with Crippen LogP contribution >= 0.6 is 11.3 Å². The SMILES string of the molecule is CCCN(CCC)C(=O)Cc1csc(-c2ccccn2)n1. The third-order valence-corrected chi connectivity index (χ3v) is 4.02. The first-order chi connectivity index (χ1) is 10.2. The second-order valence-electron chi connectivity index (χ2n) is 4.92. The van der Waals surface area contributed by atoms with Crippen molar-refractivity contribution in [2.75, 3.05) is 13.1 Å². The molecule has 0 aliphatic carbocycles. The monoisotopic (exact) mass is 303 g/mol. The van der Waals surface area contributed by atoms with E-state index in [0.717, 1.165) is 42.3 Å². The molecule has 2 rings (SSSR count). The Morgan fingerprint density at radius 1 is 1.24 bits per heavy atom. The Morgan fingerprint density at radius 3 is 2.62 bits per heavy atom. The van der Waals surface area contributed by atoms with Gasteiger partial charge in [-0.2, -0.15) is 0 Å². The second kappa shape index (κ2) is 7.88. The summed E-state index contributed by atoms with van der Waals surface area (Å²) in [6, 6.07) is 5.76. The minimum absolute atomic E-state index is 0.163. The summed E-state index contributed by atoms with van der Waals surface area (Å²) in [5, 5.41) is 2.83. The maximum Gasteiger partial charge on any atom is 0.228 e. The molecule has 0 aliphatic heterocycles. The molecule has 0 unspecified atom stereocenters. The summed E-state index contributed by atoms with van der Waals surface area (Å²) < 4.78 is 0. The van der Waals surface area contributed by atoms with Gasteiger partial charge in [-0.3, -0.25) is 9.78 Å². The number of carbonyl (C=O) groups excluding carboxylic acids is 1. The fourth-order valence-electron chi connectivity index (χ4n) is 2.16. The topological polar surface area (TPSA) is 46.1 Å². The predicted molar refractivity (Wildman–Crippen MR) is 86.2 cm³/mol. The molecule has 0 N–H and O–H groups in total. The molecule has 0 saturated carbocycles. The molecular weight excluding hydrogens is 282 g/mol. The van der Waals surface area contributed by atoms with Crippen LogP contribution in [0.1, 0.15) is 32.4 Å². The highest BCUT2D eigenvalue weighted by atomic mass is 32.1. The van der Waals surface area contributed by atoms with Gasteiger partial charge >= 0.3 is 0 Å². The van der Waals surface area contributed by atoms with E-state index in [-0.39, 0.29) is 5.91 Å². The van der Waals surface area contributed by atoms with Crippen LogP contribution in [-0.2, 0) is 11.2 Å². The van der Waals surface area contributed by atoms with Gasteiger partial charge in [-0.05, 0) is 25.0 Å². The molecule has 21 heavy (non-hydrogen) atoms. The number of nitrogens with zero attached hydrogens (tertiary/aromatic N) is 3. The van der Waals surface area contributed by atoms with Crippen molar-refractivity contribution >= 4 is 17.2 Å². The third-order valence-electron chi connectivity index (χ3n) is 3.11. The Balaban J connectivity index is 2.03. The molecule has 0 aromatic carbocycles. The summed E-state index contributed by atoms with van der Waals surface area (Å²) in [7, 11) is 0. The van der Waals surface area contributed by atoms with Crippen molar-refractivity contribution in [1.82, 2.24) is 14.9 Å². The highest BCUT2D eigenvalue weighted by Crippen LogP contribution is 2.21. The van der Waals surface area contributed by atoms with Crippen molar-refractivity contribution in [3.8, 4) is 10.7 Å². The highest BCUT2D eigenvalue weighted by Gasteiger charge is 2.14. The lowest BCUT2D eigenvalue weighted by Gasteiger charge is -2.20. The van der Waals surface area contributed by atoms with E-state index in [2.05, 4.69) is 23.8 Å². The molecule has 2 heterocycles. The van der Waals surface area contributed by atoms with Gasteiger partial charge < -0.3 is 4.90 Å². The molecule has 0 atom stereocenters. The highest BCUT2D eigenvalue weighted by molar-refractivity contribution is 7.13. The number of pyridine rings is 1. The standard InChI is InChI=1S/C16H21N3OS/c1-3-9-19(10-4-2)15(20)11-13-12-21-16(18-13)14-7-5-6-8-17-14/h5-8,12H,3-4,9-11H2,1-2H3. The van der Waals surface area contributed by atoms with E-state index >= 15 is 0 Å². The largest absolute Gasteiger partial charge is 0.342 e. The van der Waals surface area contributed by atoms with Gasteiger partial charge in [-0.1, -0.05) is 19.9 Å². The van der Waals surface area contributed by atoms with Crippen LogP contribution in [0.15, 0.2) is 29.8 Å². The van der Waals surface area contributed by atoms with Crippen LogP contribution in [0, 0.1) is 0 Å². The van der Waals surface area contributed by atoms with Crippen LogP contribution in [0.25, 0.3) is 10.7 Å². The quantitative estimate of drug-likeness (QED) is 0.787. The van der Waals surface area contributed by atoms with E-state index in [0.29, 0.717) is 6.42 Å². The molecule has 0 aliphatic rings. The van der Waals surface area contributed by atoms with Gasteiger partial charge in [0.15, 0.2) is 0 Å². The lowest BCUT2D eigenvalue weighted by Crippen LogP contribution is -2.33. The lowest BCUT2D eigenvalue weighted by atomic mass is 10.2. The number of thiazole rings is 1. The zero-order valence-corrected chi connectivity index (χ0v) is 13.4. The van der Waals surface area contributed by atoms with Crippen LogP contribution in [0.3, 0.4) is 0 Å². The molecule has 2 aromatic heterocycles. The first-order valence-corrected chi connectivity index (χ1v) is 8.26. The van der Waals surface area contributed by atoms with Crippen LogP contribution in [0.4, 0.5) is 0 Å². The minimum Gasteiger partial charge on any atom is -0.342 e. The Kier molecular flexibility index (Phi) is 5.87. The van der Waals surface area contributed by atoms with Crippen LogP contribution in [0.5, 0.6) is 0 Å². The van der Waals surface area contributed by atoms with Gasteiger partial charge in [0.05, 0.1) is 17.8 Å². The molecule has 1 amide bonds. The third kappa shape index (κ3) is 4.36.